The van der Waals surface area contributed by atoms with Crippen molar-refractivity contribution in [2.45, 2.75) is 13.0 Å². The summed E-state index contributed by atoms with van der Waals surface area (Å²) in [6.07, 6.45) is -1.16. The van der Waals surface area contributed by atoms with E-state index < -0.39 is 13.0 Å². The van der Waals surface area contributed by atoms with Gasteiger partial charge >= 0.3 is 0 Å². The van der Waals surface area contributed by atoms with Crippen LogP contribution in [-0.2, 0) is 6.54 Å². The lowest BCUT2D eigenvalue weighted by atomic mass is 10.5. The molecule has 4 N–H and O–H groups in total. The molecule has 0 saturated carbocycles. The maximum atomic E-state index is 11.7. The SMILES string of the molecule is Cl.Cl.Nc1cn(CC(F)F)nc1N. The number of aromatic nitrogens is 2. The Balaban J connectivity index is 0. The van der Waals surface area contributed by atoms with Crippen LogP contribution in [-0.4, -0.2) is 16.2 Å². The number of nitrogens with zero attached hydrogens (tertiary/aromatic N) is 2. The van der Waals surface area contributed by atoms with Crippen LogP contribution < -0.4 is 11.5 Å². The predicted octanol–water partition coefficient (Wildman–Crippen LogP) is 1.16. The molecule has 1 rings (SSSR count). The first-order chi connectivity index (χ1) is 5.09. The van der Waals surface area contributed by atoms with Gasteiger partial charge in [-0.05, 0) is 0 Å². The van der Waals surface area contributed by atoms with E-state index >= 15 is 0 Å². The first-order valence-electron chi connectivity index (χ1n) is 2.96. The highest BCUT2D eigenvalue weighted by molar-refractivity contribution is 5.85. The predicted molar refractivity (Wildman–Crippen MR) is 51.6 cm³/mol. The van der Waals surface area contributed by atoms with Crippen molar-refractivity contribution in [2.24, 2.45) is 0 Å². The quantitative estimate of drug-likeness (QED) is 0.807. The molecule has 4 nitrogen and oxygen atoms in total. The van der Waals surface area contributed by atoms with Gasteiger partial charge in [0.15, 0.2) is 5.82 Å². The molecular formula is C5H10Cl2F2N4. The minimum Gasteiger partial charge on any atom is -0.394 e. The van der Waals surface area contributed by atoms with Crippen molar-refractivity contribution in [1.29, 1.82) is 0 Å². The highest BCUT2D eigenvalue weighted by Gasteiger charge is 2.06. The smallest absolute Gasteiger partial charge is 0.257 e. The fourth-order valence-corrected chi connectivity index (χ4v) is 0.687. The summed E-state index contributed by atoms with van der Waals surface area (Å²) in [6.45, 7) is -0.471. The third-order valence-electron chi connectivity index (χ3n) is 1.15. The molecule has 1 aromatic rings. The van der Waals surface area contributed by atoms with E-state index in [1.807, 2.05) is 0 Å². The minimum atomic E-state index is -2.44. The molecule has 0 atom stereocenters. The molecule has 0 aliphatic heterocycles. The molecule has 0 aliphatic carbocycles. The second-order valence-corrected chi connectivity index (χ2v) is 2.08. The lowest BCUT2D eigenvalue weighted by molar-refractivity contribution is 0.122. The van der Waals surface area contributed by atoms with Crippen molar-refractivity contribution in [3.8, 4) is 0 Å². The van der Waals surface area contributed by atoms with Gasteiger partial charge in [-0.3, -0.25) is 4.68 Å². The zero-order valence-electron chi connectivity index (χ0n) is 6.48. The van der Waals surface area contributed by atoms with Gasteiger partial charge in [0.2, 0.25) is 0 Å². The number of nitrogens with two attached hydrogens (primary N) is 2. The molecule has 1 heterocycles. The summed E-state index contributed by atoms with van der Waals surface area (Å²) in [6, 6.07) is 0. The number of anilines is 2. The Kier molecular flexibility index (Phi) is 6.61. The molecule has 0 amide bonds. The fraction of sp³-hybridized carbons (Fsp3) is 0.400. The third kappa shape index (κ3) is 4.14. The van der Waals surface area contributed by atoms with E-state index in [1.54, 1.807) is 0 Å². The lowest BCUT2D eigenvalue weighted by Crippen LogP contribution is -2.07. The van der Waals surface area contributed by atoms with E-state index in [0.717, 1.165) is 4.68 Å². The normalized spacial score (nSPS) is 9.15. The lowest BCUT2D eigenvalue weighted by Gasteiger charge is -1.96. The van der Waals surface area contributed by atoms with Gasteiger partial charge in [-0.25, -0.2) is 8.78 Å². The Morgan fingerprint density at radius 2 is 1.92 bits per heavy atom. The van der Waals surface area contributed by atoms with Crippen LogP contribution in [0.1, 0.15) is 0 Å². The van der Waals surface area contributed by atoms with Crippen molar-refractivity contribution >= 4 is 36.3 Å². The van der Waals surface area contributed by atoms with Crippen LogP contribution in [0.2, 0.25) is 0 Å². The van der Waals surface area contributed by atoms with E-state index in [9.17, 15) is 8.78 Å². The Bertz CT molecular complexity index is 233. The minimum absolute atomic E-state index is 0. The van der Waals surface area contributed by atoms with Gasteiger partial charge in [-0.1, -0.05) is 0 Å². The highest BCUT2D eigenvalue weighted by atomic mass is 35.5. The van der Waals surface area contributed by atoms with Gasteiger partial charge < -0.3 is 11.5 Å². The van der Waals surface area contributed by atoms with Crippen LogP contribution in [0, 0.1) is 0 Å². The molecule has 78 valence electrons. The van der Waals surface area contributed by atoms with Crippen molar-refractivity contribution in [3.05, 3.63) is 6.20 Å². The van der Waals surface area contributed by atoms with Crippen molar-refractivity contribution in [3.63, 3.8) is 0 Å². The number of halogens is 4. The molecule has 0 aromatic carbocycles. The van der Waals surface area contributed by atoms with Crippen LogP contribution >= 0.6 is 24.8 Å². The van der Waals surface area contributed by atoms with Gasteiger partial charge in [0, 0.05) is 0 Å². The molecule has 0 saturated heterocycles. The van der Waals surface area contributed by atoms with E-state index in [1.165, 1.54) is 6.20 Å². The summed E-state index contributed by atoms with van der Waals surface area (Å²) in [5, 5.41) is 3.54. The van der Waals surface area contributed by atoms with Crippen molar-refractivity contribution in [2.75, 3.05) is 11.5 Å². The summed E-state index contributed by atoms with van der Waals surface area (Å²) >= 11 is 0. The summed E-state index contributed by atoms with van der Waals surface area (Å²) in [7, 11) is 0. The van der Waals surface area contributed by atoms with Crippen LogP contribution in [0.25, 0.3) is 0 Å². The van der Waals surface area contributed by atoms with Crippen LogP contribution in [0.5, 0.6) is 0 Å². The summed E-state index contributed by atoms with van der Waals surface area (Å²) < 4.78 is 24.5. The number of hydrogen-bond donors (Lipinski definition) is 2. The zero-order chi connectivity index (χ0) is 8.43. The Labute approximate surface area is 86.1 Å². The Morgan fingerprint density at radius 1 is 1.38 bits per heavy atom. The molecule has 13 heavy (non-hydrogen) atoms. The molecule has 0 radical (unpaired) electrons. The van der Waals surface area contributed by atoms with Gasteiger partial charge in [-0.15, -0.1) is 24.8 Å². The number of hydrogen-bond acceptors (Lipinski definition) is 3. The van der Waals surface area contributed by atoms with Crippen molar-refractivity contribution < 1.29 is 8.78 Å². The van der Waals surface area contributed by atoms with Crippen LogP contribution in [0.3, 0.4) is 0 Å². The van der Waals surface area contributed by atoms with E-state index in [-0.39, 0.29) is 36.3 Å². The second kappa shape index (κ2) is 5.82. The van der Waals surface area contributed by atoms with Crippen LogP contribution in [0.15, 0.2) is 6.20 Å². The molecule has 0 unspecified atom stereocenters. The van der Waals surface area contributed by atoms with Gasteiger partial charge in [0.05, 0.1) is 11.9 Å². The number of rotatable bonds is 2. The van der Waals surface area contributed by atoms with E-state index in [2.05, 4.69) is 5.10 Å². The first kappa shape index (κ1) is 14.8. The summed E-state index contributed by atoms with van der Waals surface area (Å²) in [5.74, 6) is 0.0886. The Hall–Kier alpha value is -0.750. The van der Waals surface area contributed by atoms with Gasteiger partial charge in [0.25, 0.3) is 6.43 Å². The maximum absolute atomic E-state index is 11.7. The van der Waals surface area contributed by atoms with Crippen molar-refractivity contribution in [1.82, 2.24) is 9.78 Å². The van der Waals surface area contributed by atoms with Gasteiger partial charge in [0.1, 0.15) is 6.54 Å². The average molecular weight is 235 g/mol. The topological polar surface area (TPSA) is 69.9 Å². The standard InChI is InChI=1S/C5H8F2N4.2ClH/c6-4(7)2-11-1-3(8)5(9)10-11;;/h1,4H,2,8H2,(H2,9,10);2*1H. The van der Waals surface area contributed by atoms with E-state index in [4.69, 9.17) is 11.5 Å². The first-order valence-corrected chi connectivity index (χ1v) is 2.96. The Morgan fingerprint density at radius 3 is 2.23 bits per heavy atom. The average Bonchev–Trinajstić information content (AvgIpc) is 2.10. The monoisotopic (exact) mass is 234 g/mol. The molecule has 1 aromatic heterocycles. The third-order valence-corrected chi connectivity index (χ3v) is 1.15. The van der Waals surface area contributed by atoms with Crippen LogP contribution in [0.4, 0.5) is 20.3 Å². The van der Waals surface area contributed by atoms with E-state index in [0.29, 0.717) is 0 Å². The van der Waals surface area contributed by atoms with Gasteiger partial charge in [-0.2, -0.15) is 5.10 Å². The highest BCUT2D eigenvalue weighted by Crippen LogP contribution is 2.11. The maximum Gasteiger partial charge on any atom is 0.257 e. The number of alkyl halides is 2. The summed E-state index contributed by atoms with van der Waals surface area (Å²) in [4.78, 5) is 0. The zero-order valence-corrected chi connectivity index (χ0v) is 8.12. The molecule has 0 spiro atoms. The fourth-order valence-electron chi connectivity index (χ4n) is 0.687. The second-order valence-electron chi connectivity index (χ2n) is 2.08. The molecule has 8 heteroatoms. The molecule has 0 aliphatic rings. The molecular weight excluding hydrogens is 225 g/mol. The molecule has 0 fully saturated rings. The largest absolute Gasteiger partial charge is 0.394 e. The number of nitrogen functional groups attached to an aromatic ring is 2. The molecule has 0 bridgehead atoms. The summed E-state index contributed by atoms with van der Waals surface area (Å²) in [5.41, 5.74) is 10.7.